The third-order valence-electron chi connectivity index (χ3n) is 4.25. The van der Waals surface area contributed by atoms with Crippen molar-refractivity contribution >= 4 is 11.0 Å². The molecule has 0 amide bonds. The molecule has 3 rings (SSSR count). The van der Waals surface area contributed by atoms with Gasteiger partial charge in [0.2, 0.25) is 0 Å². The smallest absolute Gasteiger partial charge is 0.134 e. The van der Waals surface area contributed by atoms with Crippen LogP contribution in [0, 0.1) is 5.92 Å². The molecule has 0 saturated heterocycles. The topological polar surface area (TPSA) is 54.6 Å². The summed E-state index contributed by atoms with van der Waals surface area (Å²) < 4.78 is 11.0. The van der Waals surface area contributed by atoms with Crippen LogP contribution in [0.15, 0.2) is 28.7 Å². The fourth-order valence-electron chi connectivity index (χ4n) is 2.63. The Balaban J connectivity index is 1.74. The Morgan fingerprint density at radius 3 is 2.85 bits per heavy atom. The van der Waals surface area contributed by atoms with E-state index in [1.54, 1.807) is 7.11 Å². The van der Waals surface area contributed by atoms with Crippen molar-refractivity contribution < 1.29 is 14.3 Å². The fraction of sp³-hybridized carbons (Fsp3) is 0.500. The first-order chi connectivity index (χ1) is 9.64. The molecule has 0 aliphatic heterocycles. The summed E-state index contributed by atoms with van der Waals surface area (Å²) >= 11 is 0. The van der Waals surface area contributed by atoms with E-state index in [1.807, 2.05) is 24.3 Å². The van der Waals surface area contributed by atoms with Crippen LogP contribution < -0.4 is 10.1 Å². The number of benzene rings is 1. The predicted molar refractivity (Wildman–Crippen MR) is 77.8 cm³/mol. The van der Waals surface area contributed by atoms with Crippen molar-refractivity contribution in [1.29, 1.82) is 0 Å². The number of hydrogen-bond donors (Lipinski definition) is 2. The zero-order chi connectivity index (χ0) is 14.2. The van der Waals surface area contributed by atoms with Gasteiger partial charge in [0.15, 0.2) is 0 Å². The van der Waals surface area contributed by atoms with Crippen LogP contribution in [0.3, 0.4) is 0 Å². The summed E-state index contributed by atoms with van der Waals surface area (Å²) in [5.74, 6) is 2.29. The molecule has 0 bridgehead atoms. The van der Waals surface area contributed by atoms with Crippen LogP contribution in [0.2, 0.25) is 0 Å². The second kappa shape index (κ2) is 5.11. The van der Waals surface area contributed by atoms with Gasteiger partial charge in [-0.25, -0.2) is 0 Å². The normalized spacial score (nSPS) is 18.1. The number of furan rings is 1. The molecular formula is C16H21NO3. The van der Waals surface area contributed by atoms with Gasteiger partial charge in [-0.3, -0.25) is 0 Å². The minimum Gasteiger partial charge on any atom is -0.497 e. The minimum absolute atomic E-state index is 0.158. The number of fused-ring (bicyclic) bond motifs is 1. The van der Waals surface area contributed by atoms with Gasteiger partial charge in [-0.15, -0.1) is 0 Å². The largest absolute Gasteiger partial charge is 0.497 e. The van der Waals surface area contributed by atoms with E-state index in [2.05, 4.69) is 12.2 Å². The molecule has 1 atom stereocenters. The monoisotopic (exact) mass is 275 g/mol. The first-order valence-corrected chi connectivity index (χ1v) is 7.07. The van der Waals surface area contributed by atoms with E-state index in [0.717, 1.165) is 22.5 Å². The third kappa shape index (κ3) is 2.53. The van der Waals surface area contributed by atoms with Crippen LogP contribution in [0.4, 0.5) is 0 Å². The molecule has 1 fully saturated rings. The molecule has 4 heteroatoms. The molecule has 108 valence electrons. The summed E-state index contributed by atoms with van der Waals surface area (Å²) in [6.07, 6.45) is 2.39. The zero-order valence-electron chi connectivity index (χ0n) is 12.0. The van der Waals surface area contributed by atoms with Crippen molar-refractivity contribution in [2.45, 2.75) is 31.8 Å². The van der Waals surface area contributed by atoms with Gasteiger partial charge in [0.05, 0.1) is 20.3 Å². The maximum atomic E-state index is 9.57. The second-order valence-electron chi connectivity index (χ2n) is 5.82. The van der Waals surface area contributed by atoms with Crippen molar-refractivity contribution in [2.75, 3.05) is 13.7 Å². The van der Waals surface area contributed by atoms with Gasteiger partial charge in [0, 0.05) is 10.9 Å². The summed E-state index contributed by atoms with van der Waals surface area (Å²) in [5.41, 5.74) is 0.663. The van der Waals surface area contributed by atoms with Crippen molar-refractivity contribution in [3.8, 4) is 5.75 Å². The van der Waals surface area contributed by atoms with Gasteiger partial charge in [0.25, 0.3) is 0 Å². The Bertz CT molecular complexity index is 603. The summed E-state index contributed by atoms with van der Waals surface area (Å²) in [4.78, 5) is 0. The molecule has 1 unspecified atom stereocenters. The van der Waals surface area contributed by atoms with Gasteiger partial charge in [-0.05, 0) is 49.9 Å². The molecule has 1 heterocycles. The van der Waals surface area contributed by atoms with E-state index in [-0.39, 0.29) is 12.1 Å². The Morgan fingerprint density at radius 2 is 2.20 bits per heavy atom. The molecule has 1 aromatic carbocycles. The summed E-state index contributed by atoms with van der Waals surface area (Å²) in [5, 5.41) is 14.1. The van der Waals surface area contributed by atoms with E-state index in [0.29, 0.717) is 12.5 Å². The molecule has 1 saturated carbocycles. The Morgan fingerprint density at radius 1 is 1.40 bits per heavy atom. The average molecular weight is 275 g/mol. The first kappa shape index (κ1) is 13.5. The van der Waals surface area contributed by atoms with E-state index < -0.39 is 0 Å². The van der Waals surface area contributed by atoms with Gasteiger partial charge >= 0.3 is 0 Å². The van der Waals surface area contributed by atoms with E-state index in [4.69, 9.17) is 9.15 Å². The summed E-state index contributed by atoms with van der Waals surface area (Å²) in [7, 11) is 1.66. The first-order valence-electron chi connectivity index (χ1n) is 7.07. The molecule has 1 aliphatic rings. The Hall–Kier alpha value is -1.52. The average Bonchev–Trinajstić information content (AvgIpc) is 3.25. The minimum atomic E-state index is -0.198. The number of ether oxygens (including phenoxy) is 1. The quantitative estimate of drug-likeness (QED) is 0.851. The Kier molecular flexibility index (Phi) is 3.44. The van der Waals surface area contributed by atoms with Gasteiger partial charge < -0.3 is 19.6 Å². The molecule has 2 N–H and O–H groups in total. The lowest BCUT2D eigenvalue weighted by molar-refractivity contribution is 0.151. The fourth-order valence-corrected chi connectivity index (χ4v) is 2.63. The third-order valence-corrected chi connectivity index (χ3v) is 4.25. The Labute approximate surface area is 118 Å². The van der Waals surface area contributed by atoms with E-state index in [1.165, 1.54) is 12.8 Å². The van der Waals surface area contributed by atoms with Crippen molar-refractivity contribution in [1.82, 2.24) is 5.32 Å². The lowest BCUT2D eigenvalue weighted by Gasteiger charge is -2.28. The lowest BCUT2D eigenvalue weighted by atomic mass is 9.97. The highest BCUT2D eigenvalue weighted by Gasteiger charge is 2.40. The second-order valence-corrected chi connectivity index (χ2v) is 5.82. The van der Waals surface area contributed by atoms with Crippen molar-refractivity contribution in [2.24, 2.45) is 5.92 Å². The zero-order valence-corrected chi connectivity index (χ0v) is 12.0. The van der Waals surface area contributed by atoms with Crippen molar-refractivity contribution in [3.05, 3.63) is 30.0 Å². The number of rotatable bonds is 6. The van der Waals surface area contributed by atoms with E-state index in [9.17, 15) is 5.11 Å². The number of aliphatic hydroxyl groups is 1. The van der Waals surface area contributed by atoms with Crippen LogP contribution in [-0.2, 0) is 6.54 Å². The highest BCUT2D eigenvalue weighted by Crippen LogP contribution is 2.39. The number of aliphatic hydroxyl groups excluding tert-OH is 1. The highest BCUT2D eigenvalue weighted by molar-refractivity contribution is 5.79. The maximum absolute atomic E-state index is 9.57. The number of nitrogens with one attached hydrogen (secondary N) is 1. The lowest BCUT2D eigenvalue weighted by Crippen LogP contribution is -2.47. The summed E-state index contributed by atoms with van der Waals surface area (Å²) in [6.45, 7) is 2.87. The molecule has 4 nitrogen and oxygen atoms in total. The van der Waals surface area contributed by atoms with Gasteiger partial charge in [-0.2, -0.15) is 0 Å². The molecule has 1 aromatic heterocycles. The predicted octanol–water partition coefficient (Wildman–Crippen LogP) is 2.69. The number of hydrogen-bond acceptors (Lipinski definition) is 4. The molecule has 2 aromatic rings. The molecule has 1 aliphatic carbocycles. The van der Waals surface area contributed by atoms with Gasteiger partial charge in [-0.1, -0.05) is 0 Å². The van der Waals surface area contributed by atoms with Crippen LogP contribution in [0.5, 0.6) is 5.75 Å². The highest BCUT2D eigenvalue weighted by atomic mass is 16.5. The SMILES string of the molecule is COc1ccc2oc(CNC(C)(CO)C3CC3)cc2c1. The molecule has 20 heavy (non-hydrogen) atoms. The molecule has 0 radical (unpaired) electrons. The molecule has 0 spiro atoms. The number of methoxy groups -OCH3 is 1. The van der Waals surface area contributed by atoms with Crippen molar-refractivity contribution in [3.63, 3.8) is 0 Å². The van der Waals surface area contributed by atoms with Gasteiger partial charge in [0.1, 0.15) is 17.1 Å². The van der Waals surface area contributed by atoms with Crippen LogP contribution in [-0.4, -0.2) is 24.4 Å². The van der Waals surface area contributed by atoms with Crippen LogP contribution in [0.1, 0.15) is 25.5 Å². The standard InChI is InChI=1S/C16H21NO3/c1-16(10-18,12-3-4-12)17-9-14-8-11-7-13(19-2)5-6-15(11)20-14/h5-8,12,17-18H,3-4,9-10H2,1-2H3. The van der Waals surface area contributed by atoms with Crippen LogP contribution in [0.25, 0.3) is 11.0 Å². The summed E-state index contributed by atoms with van der Waals surface area (Å²) in [6, 6.07) is 7.80. The maximum Gasteiger partial charge on any atom is 0.134 e. The molecular weight excluding hydrogens is 254 g/mol. The van der Waals surface area contributed by atoms with Crippen LogP contribution >= 0.6 is 0 Å². The van der Waals surface area contributed by atoms with E-state index >= 15 is 0 Å².